The van der Waals surface area contributed by atoms with Crippen molar-refractivity contribution in [3.05, 3.63) is 24.0 Å². The lowest BCUT2D eigenvalue weighted by atomic mass is 9.99. The summed E-state index contributed by atoms with van der Waals surface area (Å²) in [4.78, 5) is 9.15. The zero-order valence-electron chi connectivity index (χ0n) is 12.4. The summed E-state index contributed by atoms with van der Waals surface area (Å²) in [6.07, 6.45) is 2.14. The number of hydrogen-bond donors (Lipinski definition) is 1. The van der Waals surface area contributed by atoms with Gasteiger partial charge in [-0.05, 0) is 39.4 Å². The maximum absolute atomic E-state index is 9.77. The first-order chi connectivity index (χ1) is 8.94. The molecule has 1 aliphatic heterocycles. The number of pyridine rings is 1. The second kappa shape index (κ2) is 5.47. The molecule has 0 spiro atoms. The highest BCUT2D eigenvalue weighted by molar-refractivity contribution is 5.46. The van der Waals surface area contributed by atoms with Crippen LogP contribution in [0.4, 0.5) is 5.69 Å². The Morgan fingerprint density at radius 1 is 1.37 bits per heavy atom. The van der Waals surface area contributed by atoms with Crippen molar-refractivity contribution in [2.75, 3.05) is 31.6 Å². The molecule has 0 radical (unpaired) electrons. The number of likely N-dealkylation sites (N-methyl/N-ethyl adjacent to an activating group) is 1. The monoisotopic (exact) mass is 263 g/mol. The SMILES string of the molecule is CC[C@H](O)c1ccc(N2CCN(C)C(C)(C)C2)cn1. The van der Waals surface area contributed by atoms with Gasteiger partial charge in [0, 0.05) is 25.2 Å². The second-order valence-corrected chi connectivity index (χ2v) is 6.02. The van der Waals surface area contributed by atoms with Crippen LogP contribution in [0.2, 0.25) is 0 Å². The molecule has 4 nitrogen and oxygen atoms in total. The van der Waals surface area contributed by atoms with Gasteiger partial charge in [0.2, 0.25) is 0 Å². The number of nitrogens with zero attached hydrogens (tertiary/aromatic N) is 3. The number of aliphatic hydroxyl groups is 1. The van der Waals surface area contributed by atoms with Crippen LogP contribution >= 0.6 is 0 Å². The van der Waals surface area contributed by atoms with Crippen LogP contribution in [-0.4, -0.2) is 47.2 Å². The van der Waals surface area contributed by atoms with Gasteiger partial charge in [-0.25, -0.2) is 0 Å². The Bertz CT molecular complexity index is 416. The number of anilines is 1. The van der Waals surface area contributed by atoms with Gasteiger partial charge < -0.3 is 10.0 Å². The molecule has 1 aromatic rings. The van der Waals surface area contributed by atoms with Crippen molar-refractivity contribution in [2.24, 2.45) is 0 Å². The summed E-state index contributed by atoms with van der Waals surface area (Å²) in [5, 5.41) is 9.77. The van der Waals surface area contributed by atoms with Crippen LogP contribution in [0.5, 0.6) is 0 Å². The molecule has 1 saturated heterocycles. The standard InChI is InChI=1S/C15H25N3O/c1-5-14(19)13-7-6-12(10-16-13)18-9-8-17(4)15(2,3)11-18/h6-7,10,14,19H,5,8-9,11H2,1-4H3/t14-/m0/s1. The summed E-state index contributed by atoms with van der Waals surface area (Å²) in [5.74, 6) is 0. The second-order valence-electron chi connectivity index (χ2n) is 6.02. The number of aliphatic hydroxyl groups excluding tert-OH is 1. The maximum Gasteiger partial charge on any atom is 0.0957 e. The first-order valence-corrected chi connectivity index (χ1v) is 7.04. The lowest BCUT2D eigenvalue weighted by Gasteiger charge is -2.46. The molecule has 106 valence electrons. The third kappa shape index (κ3) is 3.07. The molecule has 1 fully saturated rings. The van der Waals surface area contributed by atoms with E-state index in [1.807, 2.05) is 19.2 Å². The van der Waals surface area contributed by atoms with E-state index in [9.17, 15) is 5.11 Å². The van der Waals surface area contributed by atoms with Gasteiger partial charge >= 0.3 is 0 Å². The Kier molecular flexibility index (Phi) is 4.11. The average molecular weight is 263 g/mol. The molecule has 0 aliphatic carbocycles. The first-order valence-electron chi connectivity index (χ1n) is 7.04. The van der Waals surface area contributed by atoms with Crippen molar-refractivity contribution >= 4 is 5.69 Å². The minimum atomic E-state index is -0.446. The Morgan fingerprint density at radius 3 is 2.63 bits per heavy atom. The number of aromatic nitrogens is 1. The van der Waals surface area contributed by atoms with Crippen LogP contribution in [0.25, 0.3) is 0 Å². The summed E-state index contributed by atoms with van der Waals surface area (Å²) in [6.45, 7) is 9.58. The van der Waals surface area contributed by atoms with Gasteiger partial charge in [-0.2, -0.15) is 0 Å². The Labute approximate surface area is 116 Å². The molecular formula is C15H25N3O. The zero-order chi connectivity index (χ0) is 14.0. The van der Waals surface area contributed by atoms with Gasteiger partial charge in [-0.1, -0.05) is 6.92 Å². The average Bonchev–Trinajstić information content (AvgIpc) is 2.41. The predicted octanol–water partition coefficient (Wildman–Crippen LogP) is 2.06. The largest absolute Gasteiger partial charge is 0.387 e. The molecule has 0 amide bonds. The summed E-state index contributed by atoms with van der Waals surface area (Å²) in [5.41, 5.74) is 2.09. The zero-order valence-corrected chi connectivity index (χ0v) is 12.4. The van der Waals surface area contributed by atoms with E-state index in [4.69, 9.17) is 0 Å². The van der Waals surface area contributed by atoms with E-state index in [-0.39, 0.29) is 5.54 Å². The highest BCUT2D eigenvalue weighted by atomic mass is 16.3. The van der Waals surface area contributed by atoms with Crippen LogP contribution in [-0.2, 0) is 0 Å². The maximum atomic E-state index is 9.77. The van der Waals surface area contributed by atoms with Crippen LogP contribution < -0.4 is 4.90 Å². The number of hydrogen-bond acceptors (Lipinski definition) is 4. The smallest absolute Gasteiger partial charge is 0.0957 e. The third-order valence-electron chi connectivity index (χ3n) is 4.18. The van der Waals surface area contributed by atoms with Crippen molar-refractivity contribution in [1.29, 1.82) is 0 Å². The van der Waals surface area contributed by atoms with E-state index in [2.05, 4.69) is 41.7 Å². The quantitative estimate of drug-likeness (QED) is 0.906. The van der Waals surface area contributed by atoms with E-state index in [0.717, 1.165) is 31.0 Å². The lowest BCUT2D eigenvalue weighted by molar-refractivity contribution is 0.139. The molecule has 2 heterocycles. The van der Waals surface area contributed by atoms with Gasteiger partial charge in [-0.15, -0.1) is 0 Å². The van der Waals surface area contributed by atoms with Gasteiger partial charge in [0.1, 0.15) is 0 Å². The molecule has 0 bridgehead atoms. The van der Waals surface area contributed by atoms with Gasteiger partial charge in [0.05, 0.1) is 23.7 Å². The van der Waals surface area contributed by atoms with E-state index < -0.39 is 6.10 Å². The van der Waals surface area contributed by atoms with E-state index in [1.165, 1.54) is 0 Å². The van der Waals surface area contributed by atoms with Crippen LogP contribution in [0, 0.1) is 0 Å². The van der Waals surface area contributed by atoms with E-state index in [1.54, 1.807) is 0 Å². The topological polar surface area (TPSA) is 39.6 Å². The van der Waals surface area contributed by atoms with Gasteiger partial charge in [0.25, 0.3) is 0 Å². The fourth-order valence-electron chi connectivity index (χ4n) is 2.45. The van der Waals surface area contributed by atoms with Crippen molar-refractivity contribution in [2.45, 2.75) is 38.8 Å². The summed E-state index contributed by atoms with van der Waals surface area (Å²) in [7, 11) is 2.18. The summed E-state index contributed by atoms with van der Waals surface area (Å²) < 4.78 is 0. The molecule has 4 heteroatoms. The molecule has 0 saturated carbocycles. The minimum absolute atomic E-state index is 0.180. The van der Waals surface area contributed by atoms with Crippen LogP contribution in [0.15, 0.2) is 18.3 Å². The summed E-state index contributed by atoms with van der Waals surface area (Å²) >= 11 is 0. The van der Waals surface area contributed by atoms with Crippen molar-refractivity contribution in [1.82, 2.24) is 9.88 Å². The van der Waals surface area contributed by atoms with Crippen molar-refractivity contribution < 1.29 is 5.11 Å². The molecule has 0 unspecified atom stereocenters. The molecule has 0 aromatic carbocycles. The Morgan fingerprint density at radius 2 is 2.11 bits per heavy atom. The predicted molar refractivity (Wildman–Crippen MR) is 78.4 cm³/mol. The summed E-state index contributed by atoms with van der Waals surface area (Å²) in [6, 6.07) is 4.01. The van der Waals surface area contributed by atoms with Crippen LogP contribution in [0.3, 0.4) is 0 Å². The fourth-order valence-corrected chi connectivity index (χ4v) is 2.45. The van der Waals surface area contributed by atoms with Crippen molar-refractivity contribution in [3.63, 3.8) is 0 Å². The van der Waals surface area contributed by atoms with Crippen LogP contribution in [0.1, 0.15) is 39.0 Å². The Hall–Kier alpha value is -1.13. The normalized spacial score (nSPS) is 21.4. The minimum Gasteiger partial charge on any atom is -0.387 e. The van der Waals surface area contributed by atoms with Crippen molar-refractivity contribution in [3.8, 4) is 0 Å². The van der Waals surface area contributed by atoms with E-state index >= 15 is 0 Å². The Balaban J connectivity index is 2.10. The molecule has 1 aromatic heterocycles. The molecule has 19 heavy (non-hydrogen) atoms. The molecule has 1 N–H and O–H groups in total. The van der Waals surface area contributed by atoms with Gasteiger partial charge in [-0.3, -0.25) is 9.88 Å². The third-order valence-corrected chi connectivity index (χ3v) is 4.18. The molecule has 2 rings (SSSR count). The fraction of sp³-hybridized carbons (Fsp3) is 0.667. The molecular weight excluding hydrogens is 238 g/mol. The highest BCUT2D eigenvalue weighted by Crippen LogP contribution is 2.25. The lowest BCUT2D eigenvalue weighted by Crippen LogP contribution is -2.57. The van der Waals surface area contributed by atoms with Gasteiger partial charge in [0.15, 0.2) is 0 Å². The molecule has 1 atom stereocenters. The highest BCUT2D eigenvalue weighted by Gasteiger charge is 2.31. The number of piperazine rings is 1. The molecule has 1 aliphatic rings. The number of rotatable bonds is 3. The first kappa shape index (κ1) is 14.3. The van der Waals surface area contributed by atoms with E-state index in [0.29, 0.717) is 6.42 Å².